The third kappa shape index (κ3) is 3.73. The van der Waals surface area contributed by atoms with E-state index in [-0.39, 0.29) is 5.91 Å². The summed E-state index contributed by atoms with van der Waals surface area (Å²) in [6.07, 6.45) is 3.23. The van der Waals surface area contributed by atoms with Crippen molar-refractivity contribution in [3.63, 3.8) is 0 Å². The molecule has 1 fully saturated rings. The summed E-state index contributed by atoms with van der Waals surface area (Å²) < 4.78 is 5.40. The molecule has 1 aromatic carbocycles. The van der Waals surface area contributed by atoms with Gasteiger partial charge in [-0.05, 0) is 63.5 Å². The van der Waals surface area contributed by atoms with Crippen LogP contribution in [0.5, 0.6) is 5.75 Å². The highest BCUT2D eigenvalue weighted by molar-refractivity contribution is 5.94. The van der Waals surface area contributed by atoms with Gasteiger partial charge in [-0.1, -0.05) is 0 Å². The maximum absolute atomic E-state index is 12.5. The lowest BCUT2D eigenvalue weighted by Gasteiger charge is -2.27. The summed E-state index contributed by atoms with van der Waals surface area (Å²) in [5.41, 5.74) is 0.730. The van der Waals surface area contributed by atoms with E-state index in [0.29, 0.717) is 12.6 Å². The number of amides is 1. The van der Waals surface area contributed by atoms with Crippen molar-refractivity contribution in [2.24, 2.45) is 0 Å². The maximum Gasteiger partial charge on any atom is 0.253 e. The summed E-state index contributed by atoms with van der Waals surface area (Å²) in [7, 11) is 1.91. The van der Waals surface area contributed by atoms with Gasteiger partial charge in [0.2, 0.25) is 0 Å². The van der Waals surface area contributed by atoms with E-state index < -0.39 is 0 Å². The highest BCUT2D eigenvalue weighted by atomic mass is 16.5. The van der Waals surface area contributed by atoms with Gasteiger partial charge in [0, 0.05) is 18.7 Å². The number of nitrogens with one attached hydrogen (secondary N) is 1. The fourth-order valence-electron chi connectivity index (χ4n) is 2.62. The number of rotatable bonds is 4. The van der Waals surface area contributed by atoms with E-state index >= 15 is 0 Å². The number of carbonyl (C=O) groups is 1. The minimum Gasteiger partial charge on any atom is -0.494 e. The molecule has 1 atom stereocenters. The molecule has 1 aliphatic rings. The van der Waals surface area contributed by atoms with Crippen LogP contribution in [0.3, 0.4) is 0 Å². The molecule has 0 saturated carbocycles. The SMILES string of the molecule is CCOc1ccc(C(=O)N(C)C2CCCNCC2)cc1. The van der Waals surface area contributed by atoms with Gasteiger partial charge >= 0.3 is 0 Å². The Morgan fingerprint density at radius 3 is 2.75 bits per heavy atom. The van der Waals surface area contributed by atoms with Crippen molar-refractivity contribution in [1.29, 1.82) is 0 Å². The molecule has 1 amide bonds. The second-order valence-corrected chi connectivity index (χ2v) is 5.21. The van der Waals surface area contributed by atoms with Crippen molar-refractivity contribution in [2.75, 3.05) is 26.7 Å². The zero-order valence-corrected chi connectivity index (χ0v) is 12.4. The Balaban J connectivity index is 2.01. The number of benzene rings is 1. The van der Waals surface area contributed by atoms with Crippen LogP contribution in [0.1, 0.15) is 36.5 Å². The average molecular weight is 276 g/mol. The molecule has 20 heavy (non-hydrogen) atoms. The van der Waals surface area contributed by atoms with Crippen molar-refractivity contribution in [2.45, 2.75) is 32.2 Å². The van der Waals surface area contributed by atoms with Gasteiger partial charge in [-0.2, -0.15) is 0 Å². The van der Waals surface area contributed by atoms with E-state index in [4.69, 9.17) is 4.74 Å². The first-order valence-corrected chi connectivity index (χ1v) is 7.43. The van der Waals surface area contributed by atoms with E-state index in [1.165, 1.54) is 0 Å². The Labute approximate surface area is 121 Å². The third-order valence-electron chi connectivity index (χ3n) is 3.83. The third-order valence-corrected chi connectivity index (χ3v) is 3.83. The van der Waals surface area contributed by atoms with Crippen molar-refractivity contribution >= 4 is 5.91 Å². The van der Waals surface area contributed by atoms with Crippen molar-refractivity contribution < 1.29 is 9.53 Å². The Kier molecular flexibility index (Phi) is 5.41. The Hall–Kier alpha value is -1.55. The molecule has 110 valence electrons. The van der Waals surface area contributed by atoms with Crippen LogP contribution in [0.2, 0.25) is 0 Å². The number of hydrogen-bond donors (Lipinski definition) is 1. The Morgan fingerprint density at radius 2 is 2.05 bits per heavy atom. The average Bonchev–Trinajstić information content (AvgIpc) is 2.76. The minimum atomic E-state index is 0.0972. The van der Waals surface area contributed by atoms with Crippen LogP contribution in [-0.2, 0) is 0 Å². The second-order valence-electron chi connectivity index (χ2n) is 5.21. The highest BCUT2D eigenvalue weighted by Crippen LogP contribution is 2.17. The molecule has 4 heteroatoms. The predicted molar refractivity (Wildman–Crippen MR) is 80.2 cm³/mol. The molecule has 1 saturated heterocycles. The van der Waals surface area contributed by atoms with E-state index in [2.05, 4.69) is 5.32 Å². The van der Waals surface area contributed by atoms with E-state index in [0.717, 1.165) is 43.7 Å². The number of carbonyl (C=O) groups excluding carboxylic acids is 1. The smallest absolute Gasteiger partial charge is 0.253 e. The van der Waals surface area contributed by atoms with Gasteiger partial charge in [0.1, 0.15) is 5.75 Å². The van der Waals surface area contributed by atoms with Gasteiger partial charge in [-0.3, -0.25) is 4.79 Å². The summed E-state index contributed by atoms with van der Waals surface area (Å²) in [5.74, 6) is 0.908. The normalized spacial score (nSPS) is 19.2. The standard InChI is InChI=1S/C16H24N2O2/c1-3-20-15-8-6-13(7-9-15)16(19)18(2)14-5-4-11-17-12-10-14/h6-9,14,17H,3-5,10-12H2,1-2H3. The summed E-state index contributed by atoms with van der Waals surface area (Å²) >= 11 is 0. The van der Waals surface area contributed by atoms with Crippen molar-refractivity contribution in [3.8, 4) is 5.75 Å². The summed E-state index contributed by atoms with van der Waals surface area (Å²) in [4.78, 5) is 14.4. The first-order valence-electron chi connectivity index (χ1n) is 7.43. The van der Waals surface area contributed by atoms with Gasteiger partial charge in [0.05, 0.1) is 6.61 Å². The van der Waals surface area contributed by atoms with Crippen molar-refractivity contribution in [1.82, 2.24) is 10.2 Å². The van der Waals surface area contributed by atoms with E-state index in [9.17, 15) is 4.79 Å². The molecule has 0 bridgehead atoms. The molecule has 0 spiro atoms. The van der Waals surface area contributed by atoms with Crippen molar-refractivity contribution in [3.05, 3.63) is 29.8 Å². The molecule has 1 aromatic rings. The lowest BCUT2D eigenvalue weighted by Crippen LogP contribution is -2.37. The van der Waals surface area contributed by atoms with Crippen LogP contribution >= 0.6 is 0 Å². The van der Waals surface area contributed by atoms with Crippen LogP contribution in [0.25, 0.3) is 0 Å². The minimum absolute atomic E-state index is 0.0972. The first-order chi connectivity index (χ1) is 9.72. The van der Waals surface area contributed by atoms with Gasteiger partial charge in [-0.25, -0.2) is 0 Å². The van der Waals surface area contributed by atoms with Gasteiger partial charge in [0.15, 0.2) is 0 Å². The number of ether oxygens (including phenoxy) is 1. The molecule has 1 N–H and O–H groups in total. The quantitative estimate of drug-likeness (QED) is 0.917. The van der Waals surface area contributed by atoms with Crippen LogP contribution < -0.4 is 10.1 Å². The maximum atomic E-state index is 12.5. The zero-order chi connectivity index (χ0) is 14.4. The summed E-state index contributed by atoms with van der Waals surface area (Å²) in [6.45, 7) is 4.64. The monoisotopic (exact) mass is 276 g/mol. The molecular formula is C16H24N2O2. The summed E-state index contributed by atoms with van der Waals surface area (Å²) in [5, 5.41) is 3.38. The molecule has 2 rings (SSSR count). The fourth-order valence-corrected chi connectivity index (χ4v) is 2.62. The first kappa shape index (κ1) is 14.9. The largest absolute Gasteiger partial charge is 0.494 e. The lowest BCUT2D eigenvalue weighted by atomic mass is 10.1. The van der Waals surface area contributed by atoms with Crippen LogP contribution in [-0.4, -0.2) is 43.6 Å². The zero-order valence-electron chi connectivity index (χ0n) is 12.4. The van der Waals surface area contributed by atoms with Crippen LogP contribution in [0.15, 0.2) is 24.3 Å². The Bertz CT molecular complexity index is 423. The van der Waals surface area contributed by atoms with Crippen LogP contribution in [0.4, 0.5) is 0 Å². The molecule has 1 heterocycles. The molecule has 0 aromatic heterocycles. The second kappa shape index (κ2) is 7.29. The fraction of sp³-hybridized carbons (Fsp3) is 0.562. The predicted octanol–water partition coefficient (Wildman–Crippen LogP) is 2.30. The van der Waals surface area contributed by atoms with Gasteiger partial charge < -0.3 is 15.0 Å². The van der Waals surface area contributed by atoms with Gasteiger partial charge in [0.25, 0.3) is 5.91 Å². The van der Waals surface area contributed by atoms with Gasteiger partial charge in [-0.15, -0.1) is 0 Å². The lowest BCUT2D eigenvalue weighted by molar-refractivity contribution is 0.0720. The molecule has 4 nitrogen and oxygen atoms in total. The van der Waals surface area contributed by atoms with E-state index in [1.807, 2.05) is 43.1 Å². The van der Waals surface area contributed by atoms with Crippen LogP contribution in [0, 0.1) is 0 Å². The molecule has 0 radical (unpaired) electrons. The highest BCUT2D eigenvalue weighted by Gasteiger charge is 2.21. The topological polar surface area (TPSA) is 41.6 Å². The Morgan fingerprint density at radius 1 is 1.30 bits per heavy atom. The molecule has 1 unspecified atom stereocenters. The molecule has 1 aliphatic heterocycles. The number of nitrogens with zero attached hydrogens (tertiary/aromatic N) is 1. The molecular weight excluding hydrogens is 252 g/mol. The van der Waals surface area contributed by atoms with E-state index in [1.54, 1.807) is 0 Å². The molecule has 0 aliphatic carbocycles. The number of hydrogen-bond acceptors (Lipinski definition) is 3. The summed E-state index contributed by atoms with van der Waals surface area (Å²) in [6, 6.07) is 7.75.